The lowest BCUT2D eigenvalue weighted by Crippen LogP contribution is -2.28. The first kappa shape index (κ1) is 14.1. The van der Waals surface area contributed by atoms with Crippen molar-refractivity contribution >= 4 is 15.9 Å². The van der Waals surface area contributed by atoms with Crippen molar-refractivity contribution < 1.29 is 4.74 Å². The standard InChI is InChI=1S/C15H17BrN2O/c1-2-19-14-8-6-11(7-9-14)15(18-17)12-4-3-5-13(16)10-12/h3-10,15,18H,2,17H2,1H3. The predicted octanol–water partition coefficient (Wildman–Crippen LogP) is 3.40. The van der Waals surface area contributed by atoms with Gasteiger partial charge in [0.05, 0.1) is 12.6 Å². The van der Waals surface area contributed by atoms with Crippen molar-refractivity contribution in [2.24, 2.45) is 5.84 Å². The molecule has 0 spiro atoms. The van der Waals surface area contributed by atoms with Gasteiger partial charge in [-0.05, 0) is 42.3 Å². The first-order valence-electron chi connectivity index (χ1n) is 6.19. The average Bonchev–Trinajstić information content (AvgIpc) is 2.42. The number of hydrogen-bond acceptors (Lipinski definition) is 3. The molecular formula is C15H17BrN2O. The fraction of sp³-hybridized carbons (Fsp3) is 0.200. The Bertz CT molecular complexity index is 528. The van der Waals surface area contributed by atoms with Gasteiger partial charge in [0.1, 0.15) is 5.75 Å². The van der Waals surface area contributed by atoms with E-state index in [4.69, 9.17) is 10.6 Å². The zero-order valence-electron chi connectivity index (χ0n) is 10.8. The molecule has 3 N–H and O–H groups in total. The molecule has 2 rings (SSSR count). The number of nitrogens with two attached hydrogens (primary N) is 1. The Hall–Kier alpha value is -1.36. The molecule has 19 heavy (non-hydrogen) atoms. The molecule has 1 atom stereocenters. The maximum Gasteiger partial charge on any atom is 0.119 e. The van der Waals surface area contributed by atoms with Crippen LogP contribution in [0.4, 0.5) is 0 Å². The van der Waals surface area contributed by atoms with Gasteiger partial charge in [0.2, 0.25) is 0 Å². The number of hydrogen-bond donors (Lipinski definition) is 2. The summed E-state index contributed by atoms with van der Waals surface area (Å²) in [6.45, 7) is 2.64. The topological polar surface area (TPSA) is 47.3 Å². The van der Waals surface area contributed by atoms with Crippen molar-refractivity contribution in [2.75, 3.05) is 6.61 Å². The molecule has 0 fully saturated rings. The summed E-state index contributed by atoms with van der Waals surface area (Å²) in [5, 5.41) is 0. The van der Waals surface area contributed by atoms with Gasteiger partial charge in [-0.1, -0.05) is 40.2 Å². The second-order valence-corrected chi connectivity index (χ2v) is 5.07. The highest BCUT2D eigenvalue weighted by Crippen LogP contribution is 2.25. The third kappa shape index (κ3) is 3.56. The largest absolute Gasteiger partial charge is 0.494 e. The molecule has 0 aromatic heterocycles. The van der Waals surface area contributed by atoms with E-state index in [1.807, 2.05) is 49.4 Å². The smallest absolute Gasteiger partial charge is 0.119 e. The minimum atomic E-state index is -0.0341. The maximum absolute atomic E-state index is 5.69. The molecule has 0 saturated carbocycles. The highest BCUT2D eigenvalue weighted by molar-refractivity contribution is 9.10. The molecule has 0 aliphatic carbocycles. The van der Waals surface area contributed by atoms with Crippen molar-refractivity contribution in [2.45, 2.75) is 13.0 Å². The average molecular weight is 321 g/mol. The van der Waals surface area contributed by atoms with Gasteiger partial charge in [-0.15, -0.1) is 0 Å². The molecule has 0 bridgehead atoms. The SMILES string of the molecule is CCOc1ccc(C(NN)c2cccc(Br)c2)cc1. The van der Waals surface area contributed by atoms with Crippen LogP contribution in [0.25, 0.3) is 0 Å². The van der Waals surface area contributed by atoms with E-state index in [0.717, 1.165) is 21.3 Å². The monoisotopic (exact) mass is 320 g/mol. The van der Waals surface area contributed by atoms with Gasteiger partial charge in [0.15, 0.2) is 0 Å². The predicted molar refractivity (Wildman–Crippen MR) is 80.9 cm³/mol. The van der Waals surface area contributed by atoms with Crippen molar-refractivity contribution in [3.8, 4) is 5.75 Å². The van der Waals surface area contributed by atoms with Crippen LogP contribution in [0.5, 0.6) is 5.75 Å². The summed E-state index contributed by atoms with van der Waals surface area (Å²) >= 11 is 3.48. The van der Waals surface area contributed by atoms with Crippen LogP contribution in [0.1, 0.15) is 24.1 Å². The number of ether oxygens (including phenoxy) is 1. The third-order valence-electron chi connectivity index (χ3n) is 2.87. The minimum Gasteiger partial charge on any atom is -0.494 e. The van der Waals surface area contributed by atoms with Gasteiger partial charge in [0.25, 0.3) is 0 Å². The molecule has 0 saturated heterocycles. The summed E-state index contributed by atoms with van der Waals surface area (Å²) in [7, 11) is 0. The van der Waals surface area contributed by atoms with E-state index in [2.05, 4.69) is 27.4 Å². The number of halogens is 1. The lowest BCUT2D eigenvalue weighted by molar-refractivity contribution is 0.340. The van der Waals surface area contributed by atoms with Gasteiger partial charge >= 0.3 is 0 Å². The summed E-state index contributed by atoms with van der Waals surface area (Å²) < 4.78 is 6.48. The van der Waals surface area contributed by atoms with Gasteiger partial charge < -0.3 is 4.74 Å². The van der Waals surface area contributed by atoms with Crippen LogP contribution in [0.2, 0.25) is 0 Å². The van der Waals surface area contributed by atoms with E-state index < -0.39 is 0 Å². The fourth-order valence-corrected chi connectivity index (χ4v) is 2.41. The van der Waals surface area contributed by atoms with E-state index in [0.29, 0.717) is 6.61 Å². The van der Waals surface area contributed by atoms with E-state index in [-0.39, 0.29) is 6.04 Å². The Balaban J connectivity index is 2.26. The number of hydrazine groups is 1. The molecular weight excluding hydrogens is 304 g/mol. The van der Waals surface area contributed by atoms with Crippen LogP contribution in [-0.4, -0.2) is 6.61 Å². The fourth-order valence-electron chi connectivity index (χ4n) is 1.99. The summed E-state index contributed by atoms with van der Waals surface area (Å²) in [6.07, 6.45) is 0. The second-order valence-electron chi connectivity index (χ2n) is 4.16. The van der Waals surface area contributed by atoms with Crippen LogP contribution in [0, 0.1) is 0 Å². The Morgan fingerprint density at radius 3 is 2.47 bits per heavy atom. The molecule has 2 aromatic rings. The van der Waals surface area contributed by atoms with Crippen LogP contribution in [0.15, 0.2) is 53.0 Å². The maximum atomic E-state index is 5.69. The third-order valence-corrected chi connectivity index (χ3v) is 3.37. The zero-order chi connectivity index (χ0) is 13.7. The molecule has 0 amide bonds. The lowest BCUT2D eigenvalue weighted by Gasteiger charge is -2.17. The van der Waals surface area contributed by atoms with Crippen molar-refractivity contribution in [1.29, 1.82) is 0 Å². The normalized spacial score (nSPS) is 12.2. The highest BCUT2D eigenvalue weighted by Gasteiger charge is 2.12. The molecule has 3 nitrogen and oxygen atoms in total. The molecule has 0 aliphatic rings. The number of benzene rings is 2. The van der Waals surface area contributed by atoms with E-state index in [1.54, 1.807) is 0 Å². The van der Waals surface area contributed by atoms with Crippen LogP contribution < -0.4 is 16.0 Å². The Morgan fingerprint density at radius 1 is 1.16 bits per heavy atom. The van der Waals surface area contributed by atoms with Crippen LogP contribution in [0.3, 0.4) is 0 Å². The first-order valence-corrected chi connectivity index (χ1v) is 6.98. The van der Waals surface area contributed by atoms with E-state index in [9.17, 15) is 0 Å². The molecule has 0 aliphatic heterocycles. The lowest BCUT2D eigenvalue weighted by atomic mass is 9.99. The number of rotatable bonds is 5. The number of nitrogens with one attached hydrogen (secondary N) is 1. The Labute approximate surface area is 121 Å². The van der Waals surface area contributed by atoms with Crippen molar-refractivity contribution in [3.63, 3.8) is 0 Å². The Morgan fingerprint density at radius 2 is 1.89 bits per heavy atom. The summed E-state index contributed by atoms with van der Waals surface area (Å²) in [6, 6.07) is 16.0. The minimum absolute atomic E-state index is 0.0341. The molecule has 100 valence electrons. The zero-order valence-corrected chi connectivity index (χ0v) is 12.4. The van der Waals surface area contributed by atoms with Gasteiger partial charge in [-0.25, -0.2) is 5.43 Å². The first-order chi connectivity index (χ1) is 9.24. The van der Waals surface area contributed by atoms with Crippen molar-refractivity contribution in [1.82, 2.24) is 5.43 Å². The highest BCUT2D eigenvalue weighted by atomic mass is 79.9. The molecule has 2 aromatic carbocycles. The quantitative estimate of drug-likeness (QED) is 0.655. The van der Waals surface area contributed by atoms with Gasteiger partial charge in [-0.2, -0.15) is 0 Å². The van der Waals surface area contributed by atoms with Gasteiger partial charge in [0, 0.05) is 4.47 Å². The molecule has 0 heterocycles. The van der Waals surface area contributed by atoms with Gasteiger partial charge in [-0.3, -0.25) is 5.84 Å². The molecule has 4 heteroatoms. The summed E-state index contributed by atoms with van der Waals surface area (Å²) in [5.74, 6) is 6.56. The molecule has 1 unspecified atom stereocenters. The van der Waals surface area contributed by atoms with Crippen molar-refractivity contribution in [3.05, 3.63) is 64.1 Å². The molecule has 0 radical (unpaired) electrons. The second kappa shape index (κ2) is 6.70. The van der Waals surface area contributed by atoms with Crippen LogP contribution in [-0.2, 0) is 0 Å². The Kier molecular flexibility index (Phi) is 4.96. The van der Waals surface area contributed by atoms with E-state index in [1.165, 1.54) is 0 Å². The van der Waals surface area contributed by atoms with Crippen LogP contribution >= 0.6 is 15.9 Å². The van der Waals surface area contributed by atoms with E-state index >= 15 is 0 Å². The summed E-state index contributed by atoms with van der Waals surface area (Å²) in [4.78, 5) is 0. The summed E-state index contributed by atoms with van der Waals surface area (Å²) in [5.41, 5.74) is 5.06.